The molecule has 0 fully saturated rings. The average molecular weight is 212 g/mol. The second kappa shape index (κ2) is 4.91. The van der Waals surface area contributed by atoms with Gasteiger partial charge in [-0.2, -0.15) is 8.78 Å². The summed E-state index contributed by atoms with van der Waals surface area (Å²) in [4.78, 5) is 0. The van der Waals surface area contributed by atoms with Crippen molar-refractivity contribution in [1.29, 1.82) is 0 Å². The van der Waals surface area contributed by atoms with Crippen LogP contribution in [0.4, 0.5) is 8.78 Å². The number of benzene rings is 1. The van der Waals surface area contributed by atoms with Gasteiger partial charge in [-0.1, -0.05) is 38.6 Å². The lowest BCUT2D eigenvalue weighted by Crippen LogP contribution is -2.05. The van der Waals surface area contributed by atoms with Gasteiger partial charge in [0, 0.05) is 5.56 Å². The zero-order chi connectivity index (χ0) is 11.4. The zero-order valence-electron chi connectivity index (χ0n) is 8.84. The van der Waals surface area contributed by atoms with Gasteiger partial charge in [-0.15, -0.1) is 0 Å². The van der Waals surface area contributed by atoms with Crippen LogP contribution in [0.1, 0.15) is 30.9 Å². The van der Waals surface area contributed by atoms with Crippen molar-refractivity contribution >= 4 is 6.08 Å². The van der Waals surface area contributed by atoms with Crippen LogP contribution in [0.15, 0.2) is 24.8 Å². The first-order valence-corrected chi connectivity index (χ1v) is 4.76. The van der Waals surface area contributed by atoms with Gasteiger partial charge in [-0.05, 0) is 17.5 Å². The Kier molecular flexibility index (Phi) is 3.83. The van der Waals surface area contributed by atoms with E-state index in [0.29, 0.717) is 5.56 Å². The largest absolute Gasteiger partial charge is 0.434 e. The van der Waals surface area contributed by atoms with Crippen molar-refractivity contribution < 1.29 is 13.5 Å². The van der Waals surface area contributed by atoms with E-state index in [1.165, 1.54) is 6.07 Å². The molecule has 1 nitrogen and oxygen atoms in total. The van der Waals surface area contributed by atoms with E-state index in [-0.39, 0.29) is 11.7 Å². The van der Waals surface area contributed by atoms with Gasteiger partial charge in [0.05, 0.1) is 0 Å². The lowest BCUT2D eigenvalue weighted by Gasteiger charge is -2.14. The lowest BCUT2D eigenvalue weighted by atomic mass is 9.96. The molecule has 1 aromatic carbocycles. The van der Waals surface area contributed by atoms with Gasteiger partial charge in [0.15, 0.2) is 0 Å². The summed E-state index contributed by atoms with van der Waals surface area (Å²) in [6, 6.07) is 5.12. The molecule has 3 heteroatoms. The highest BCUT2D eigenvalue weighted by Crippen LogP contribution is 2.29. The molecule has 0 unspecified atom stereocenters. The van der Waals surface area contributed by atoms with Crippen molar-refractivity contribution in [3.05, 3.63) is 35.9 Å². The van der Waals surface area contributed by atoms with Crippen molar-refractivity contribution in [2.24, 2.45) is 0 Å². The van der Waals surface area contributed by atoms with Crippen molar-refractivity contribution in [1.82, 2.24) is 0 Å². The van der Waals surface area contributed by atoms with Crippen molar-refractivity contribution in [2.75, 3.05) is 0 Å². The molecule has 0 aliphatic rings. The van der Waals surface area contributed by atoms with Crippen LogP contribution in [-0.4, -0.2) is 6.61 Å². The average Bonchev–Trinajstić information content (AvgIpc) is 2.16. The Hall–Kier alpha value is -1.38. The molecule has 0 aliphatic carbocycles. The highest BCUT2D eigenvalue weighted by atomic mass is 19.3. The molecule has 0 radical (unpaired) electrons. The third-order valence-corrected chi connectivity index (χ3v) is 2.14. The Balaban J connectivity index is 3.16. The quantitative estimate of drug-likeness (QED) is 0.731. The van der Waals surface area contributed by atoms with E-state index < -0.39 is 6.61 Å². The fraction of sp³-hybridized carbons (Fsp3) is 0.333. The Morgan fingerprint density at radius 3 is 2.47 bits per heavy atom. The number of hydrogen-bond donors (Lipinski definition) is 0. The molecule has 1 aromatic rings. The SMILES string of the molecule is C=Cc1c(OC(F)F)cccc1C(C)C. The molecule has 0 aliphatic heterocycles. The van der Waals surface area contributed by atoms with Crippen LogP contribution in [0.25, 0.3) is 6.08 Å². The summed E-state index contributed by atoms with van der Waals surface area (Å²) in [5.41, 5.74) is 1.61. The third-order valence-electron chi connectivity index (χ3n) is 2.14. The molecule has 82 valence electrons. The van der Waals surface area contributed by atoms with Crippen LogP contribution >= 0.6 is 0 Å². The summed E-state index contributed by atoms with van der Waals surface area (Å²) in [7, 11) is 0. The van der Waals surface area contributed by atoms with Crippen LogP contribution in [0.2, 0.25) is 0 Å². The number of rotatable bonds is 4. The minimum absolute atomic E-state index is 0.186. The molecule has 0 N–H and O–H groups in total. The maximum atomic E-state index is 12.1. The van der Waals surface area contributed by atoms with Crippen LogP contribution in [0.5, 0.6) is 5.75 Å². The summed E-state index contributed by atoms with van der Waals surface area (Å²) in [6.07, 6.45) is 1.55. The molecule has 0 heterocycles. The zero-order valence-corrected chi connectivity index (χ0v) is 8.84. The van der Waals surface area contributed by atoms with Crippen LogP contribution in [0, 0.1) is 0 Å². The number of alkyl halides is 2. The Morgan fingerprint density at radius 1 is 1.33 bits per heavy atom. The Labute approximate surface area is 88.4 Å². The second-order valence-electron chi connectivity index (χ2n) is 3.50. The van der Waals surface area contributed by atoms with Gasteiger partial charge < -0.3 is 4.74 Å². The second-order valence-corrected chi connectivity index (χ2v) is 3.50. The van der Waals surface area contributed by atoms with E-state index >= 15 is 0 Å². The summed E-state index contributed by atoms with van der Waals surface area (Å²) in [5, 5.41) is 0. The topological polar surface area (TPSA) is 9.23 Å². The van der Waals surface area contributed by atoms with E-state index in [4.69, 9.17) is 0 Å². The molecule has 0 saturated heterocycles. The molecule has 1 rings (SSSR count). The predicted octanol–water partition coefficient (Wildman–Crippen LogP) is 4.05. The molecular formula is C12H14F2O. The molecule has 0 aromatic heterocycles. The van der Waals surface area contributed by atoms with Crippen LogP contribution in [0.3, 0.4) is 0 Å². The first kappa shape index (κ1) is 11.7. The Bertz CT molecular complexity index is 345. The minimum atomic E-state index is -2.80. The fourth-order valence-corrected chi connectivity index (χ4v) is 1.48. The summed E-state index contributed by atoms with van der Waals surface area (Å²) in [5.74, 6) is 0.436. The van der Waals surface area contributed by atoms with Crippen LogP contribution in [-0.2, 0) is 0 Å². The number of ether oxygens (including phenoxy) is 1. The van der Waals surface area contributed by atoms with Gasteiger partial charge in [-0.25, -0.2) is 0 Å². The van der Waals surface area contributed by atoms with Gasteiger partial charge in [-0.3, -0.25) is 0 Å². The third kappa shape index (κ3) is 2.78. The van der Waals surface area contributed by atoms with E-state index in [2.05, 4.69) is 11.3 Å². The smallest absolute Gasteiger partial charge is 0.387 e. The summed E-state index contributed by atoms with van der Waals surface area (Å²) in [6.45, 7) is 4.81. The molecule has 0 bridgehead atoms. The minimum Gasteiger partial charge on any atom is -0.434 e. The molecular weight excluding hydrogens is 198 g/mol. The van der Waals surface area contributed by atoms with E-state index in [1.807, 2.05) is 19.9 Å². The summed E-state index contributed by atoms with van der Waals surface area (Å²) < 4.78 is 28.6. The standard InChI is InChI=1S/C12H14F2O/c1-4-9-10(8(2)3)6-5-7-11(9)15-12(13)14/h4-8,12H,1H2,2-3H3. The van der Waals surface area contributed by atoms with Crippen molar-refractivity contribution in [2.45, 2.75) is 26.4 Å². The van der Waals surface area contributed by atoms with Crippen molar-refractivity contribution in [3.63, 3.8) is 0 Å². The van der Waals surface area contributed by atoms with Gasteiger partial charge >= 0.3 is 6.61 Å². The number of halogens is 2. The monoisotopic (exact) mass is 212 g/mol. The predicted molar refractivity (Wildman–Crippen MR) is 57.3 cm³/mol. The summed E-state index contributed by atoms with van der Waals surface area (Å²) >= 11 is 0. The fourth-order valence-electron chi connectivity index (χ4n) is 1.48. The van der Waals surface area contributed by atoms with Gasteiger partial charge in [0.1, 0.15) is 5.75 Å². The first-order valence-electron chi connectivity index (χ1n) is 4.76. The van der Waals surface area contributed by atoms with Gasteiger partial charge in [0.2, 0.25) is 0 Å². The molecule has 0 saturated carbocycles. The van der Waals surface area contributed by atoms with Crippen molar-refractivity contribution in [3.8, 4) is 5.75 Å². The lowest BCUT2D eigenvalue weighted by molar-refractivity contribution is -0.0500. The van der Waals surface area contributed by atoms with E-state index in [1.54, 1.807) is 12.1 Å². The molecule has 0 atom stereocenters. The van der Waals surface area contributed by atoms with Gasteiger partial charge in [0.25, 0.3) is 0 Å². The molecule has 0 spiro atoms. The highest BCUT2D eigenvalue weighted by Gasteiger charge is 2.12. The van der Waals surface area contributed by atoms with Crippen LogP contribution < -0.4 is 4.74 Å². The molecule has 15 heavy (non-hydrogen) atoms. The van der Waals surface area contributed by atoms with E-state index in [9.17, 15) is 8.78 Å². The maximum Gasteiger partial charge on any atom is 0.387 e. The Morgan fingerprint density at radius 2 is 2.00 bits per heavy atom. The highest BCUT2D eigenvalue weighted by molar-refractivity contribution is 5.60. The maximum absolute atomic E-state index is 12.1. The van der Waals surface area contributed by atoms with E-state index in [0.717, 1.165) is 5.56 Å². The normalized spacial score (nSPS) is 10.8. The first-order chi connectivity index (χ1) is 7.06. The molecule has 0 amide bonds. The number of hydrogen-bond acceptors (Lipinski definition) is 1.